The Morgan fingerprint density at radius 1 is 1.00 bits per heavy atom. The summed E-state index contributed by atoms with van der Waals surface area (Å²) in [5.41, 5.74) is 4.35. The molecule has 1 aromatic rings. The number of nitrogens with zero attached hydrogens (tertiary/aromatic N) is 2. The summed E-state index contributed by atoms with van der Waals surface area (Å²) in [5.74, 6) is 0.359. The highest BCUT2D eigenvalue weighted by Crippen LogP contribution is 2.34. The lowest BCUT2D eigenvalue weighted by molar-refractivity contribution is -0.137. The standard InChI is InChI=1S/C25H36N2O3/c1-5-6-15-30-16-7-12-27-24(28)22(21-9-8-19(3)20(4)17-21)23(25(27)29)26-13-10-18(2)11-14-26/h8-9,17-18H,5-7,10-16H2,1-4H3. The van der Waals surface area contributed by atoms with Crippen LogP contribution in [-0.4, -0.2) is 54.5 Å². The summed E-state index contributed by atoms with van der Waals surface area (Å²) in [5, 5.41) is 0. The molecule has 2 heterocycles. The average molecular weight is 413 g/mol. The van der Waals surface area contributed by atoms with Crippen molar-refractivity contribution in [2.24, 2.45) is 5.92 Å². The molecule has 0 atom stereocenters. The van der Waals surface area contributed by atoms with E-state index in [0.29, 0.717) is 36.8 Å². The summed E-state index contributed by atoms with van der Waals surface area (Å²) >= 11 is 0. The minimum Gasteiger partial charge on any atom is -0.381 e. The number of carbonyl (C=O) groups is 2. The molecule has 0 aromatic heterocycles. The van der Waals surface area contributed by atoms with E-state index in [2.05, 4.69) is 25.7 Å². The maximum Gasteiger partial charge on any atom is 0.277 e. The Kier molecular flexibility index (Phi) is 7.70. The van der Waals surface area contributed by atoms with Gasteiger partial charge in [-0.3, -0.25) is 14.5 Å². The van der Waals surface area contributed by atoms with Crippen LogP contribution in [0.4, 0.5) is 0 Å². The van der Waals surface area contributed by atoms with Gasteiger partial charge in [-0.05, 0) is 62.1 Å². The smallest absolute Gasteiger partial charge is 0.277 e. The highest BCUT2D eigenvalue weighted by molar-refractivity contribution is 6.35. The van der Waals surface area contributed by atoms with E-state index >= 15 is 0 Å². The van der Waals surface area contributed by atoms with Gasteiger partial charge in [-0.2, -0.15) is 0 Å². The van der Waals surface area contributed by atoms with Crippen LogP contribution in [0.1, 0.15) is 62.6 Å². The Labute approximate surface area is 181 Å². The molecule has 1 aromatic carbocycles. The number of amides is 2. The normalized spacial score (nSPS) is 18.1. The van der Waals surface area contributed by atoms with Gasteiger partial charge in [0.25, 0.3) is 11.8 Å². The van der Waals surface area contributed by atoms with Crippen molar-refractivity contribution in [1.29, 1.82) is 0 Å². The maximum absolute atomic E-state index is 13.4. The Morgan fingerprint density at radius 3 is 2.37 bits per heavy atom. The number of aryl methyl sites for hydroxylation is 2. The van der Waals surface area contributed by atoms with Crippen LogP contribution < -0.4 is 0 Å². The van der Waals surface area contributed by atoms with Crippen LogP contribution in [-0.2, 0) is 14.3 Å². The van der Waals surface area contributed by atoms with Gasteiger partial charge in [0.1, 0.15) is 5.70 Å². The van der Waals surface area contributed by atoms with Crippen molar-refractivity contribution in [3.05, 3.63) is 40.6 Å². The molecule has 2 aliphatic rings. The molecule has 0 bridgehead atoms. The lowest BCUT2D eigenvalue weighted by Gasteiger charge is -2.32. The molecule has 0 aliphatic carbocycles. The van der Waals surface area contributed by atoms with Crippen molar-refractivity contribution in [2.45, 2.75) is 59.8 Å². The molecular weight excluding hydrogens is 376 g/mol. The van der Waals surface area contributed by atoms with Gasteiger partial charge in [-0.15, -0.1) is 0 Å². The fourth-order valence-corrected chi connectivity index (χ4v) is 4.12. The van der Waals surface area contributed by atoms with Crippen LogP contribution in [0.15, 0.2) is 23.9 Å². The molecule has 0 unspecified atom stereocenters. The van der Waals surface area contributed by atoms with E-state index in [1.165, 1.54) is 10.5 Å². The molecule has 164 valence electrons. The zero-order valence-electron chi connectivity index (χ0n) is 19.0. The van der Waals surface area contributed by atoms with Gasteiger partial charge in [0.05, 0.1) is 5.57 Å². The number of hydrogen-bond acceptors (Lipinski definition) is 4. The lowest BCUT2D eigenvalue weighted by atomic mass is 9.96. The van der Waals surface area contributed by atoms with Crippen LogP contribution in [0.2, 0.25) is 0 Å². The van der Waals surface area contributed by atoms with Crippen molar-refractivity contribution in [1.82, 2.24) is 9.80 Å². The van der Waals surface area contributed by atoms with Gasteiger partial charge in [0.2, 0.25) is 0 Å². The molecule has 2 aliphatic heterocycles. The van der Waals surface area contributed by atoms with E-state index < -0.39 is 0 Å². The van der Waals surface area contributed by atoms with Gasteiger partial charge in [-0.1, -0.05) is 38.5 Å². The van der Waals surface area contributed by atoms with Gasteiger partial charge < -0.3 is 9.64 Å². The van der Waals surface area contributed by atoms with Crippen molar-refractivity contribution < 1.29 is 14.3 Å². The lowest BCUT2D eigenvalue weighted by Crippen LogP contribution is -2.39. The number of unbranched alkanes of at least 4 members (excludes halogenated alkanes) is 1. The third kappa shape index (κ3) is 4.94. The van der Waals surface area contributed by atoms with Crippen LogP contribution in [0.25, 0.3) is 5.57 Å². The minimum absolute atomic E-state index is 0.142. The summed E-state index contributed by atoms with van der Waals surface area (Å²) in [7, 11) is 0. The fourth-order valence-electron chi connectivity index (χ4n) is 4.12. The zero-order chi connectivity index (χ0) is 21.7. The van der Waals surface area contributed by atoms with E-state index in [9.17, 15) is 9.59 Å². The first-order valence-electron chi connectivity index (χ1n) is 11.4. The average Bonchev–Trinajstić information content (AvgIpc) is 2.97. The fraction of sp³-hybridized carbons (Fsp3) is 0.600. The van der Waals surface area contributed by atoms with Gasteiger partial charge in [0.15, 0.2) is 0 Å². The first-order valence-corrected chi connectivity index (χ1v) is 11.4. The van der Waals surface area contributed by atoms with Crippen molar-refractivity contribution in [3.63, 3.8) is 0 Å². The van der Waals surface area contributed by atoms with Gasteiger partial charge in [-0.25, -0.2) is 0 Å². The Hall–Kier alpha value is -2.14. The minimum atomic E-state index is -0.162. The second-order valence-electron chi connectivity index (χ2n) is 8.77. The van der Waals surface area contributed by atoms with Crippen LogP contribution in [0.5, 0.6) is 0 Å². The molecule has 0 spiro atoms. The number of carbonyl (C=O) groups excluding carboxylic acids is 2. The predicted molar refractivity (Wildman–Crippen MR) is 120 cm³/mol. The second-order valence-corrected chi connectivity index (χ2v) is 8.77. The number of likely N-dealkylation sites (tertiary alicyclic amines) is 1. The molecule has 30 heavy (non-hydrogen) atoms. The van der Waals surface area contributed by atoms with Crippen LogP contribution in [0, 0.1) is 19.8 Å². The third-order valence-electron chi connectivity index (χ3n) is 6.35. The molecule has 0 saturated carbocycles. The Balaban J connectivity index is 1.82. The topological polar surface area (TPSA) is 49.9 Å². The summed E-state index contributed by atoms with van der Waals surface area (Å²) in [4.78, 5) is 30.3. The summed E-state index contributed by atoms with van der Waals surface area (Å²) < 4.78 is 5.63. The maximum atomic E-state index is 13.4. The quantitative estimate of drug-likeness (QED) is 0.448. The largest absolute Gasteiger partial charge is 0.381 e. The summed E-state index contributed by atoms with van der Waals surface area (Å²) in [6.07, 6.45) is 4.92. The number of hydrogen-bond donors (Lipinski definition) is 0. The number of ether oxygens (including phenoxy) is 1. The van der Waals surface area contributed by atoms with Crippen LogP contribution >= 0.6 is 0 Å². The van der Waals surface area contributed by atoms with Crippen molar-refractivity contribution >= 4 is 17.4 Å². The molecule has 0 N–H and O–H groups in total. The monoisotopic (exact) mass is 412 g/mol. The molecule has 1 fully saturated rings. The molecule has 1 saturated heterocycles. The highest BCUT2D eigenvalue weighted by atomic mass is 16.5. The van der Waals surface area contributed by atoms with Crippen molar-refractivity contribution in [2.75, 3.05) is 32.8 Å². The highest BCUT2D eigenvalue weighted by Gasteiger charge is 2.41. The second kappa shape index (κ2) is 10.3. The van der Waals surface area contributed by atoms with E-state index in [4.69, 9.17) is 4.74 Å². The first kappa shape index (κ1) is 22.5. The van der Waals surface area contributed by atoms with E-state index in [1.807, 2.05) is 25.1 Å². The number of piperidine rings is 1. The molecule has 5 heteroatoms. The van der Waals surface area contributed by atoms with Crippen LogP contribution in [0.3, 0.4) is 0 Å². The molecule has 0 radical (unpaired) electrons. The third-order valence-corrected chi connectivity index (χ3v) is 6.35. The predicted octanol–water partition coefficient (Wildman–Crippen LogP) is 4.32. The van der Waals surface area contributed by atoms with Crippen molar-refractivity contribution in [3.8, 4) is 0 Å². The van der Waals surface area contributed by atoms with Gasteiger partial charge in [0, 0.05) is 32.8 Å². The summed E-state index contributed by atoms with van der Waals surface area (Å²) in [6, 6.07) is 6.06. The molecular formula is C25H36N2O3. The first-order chi connectivity index (χ1) is 14.4. The zero-order valence-corrected chi connectivity index (χ0v) is 19.0. The molecule has 5 nitrogen and oxygen atoms in total. The van der Waals surface area contributed by atoms with Gasteiger partial charge >= 0.3 is 0 Å². The Bertz CT molecular complexity index is 807. The van der Waals surface area contributed by atoms with E-state index in [1.54, 1.807) is 0 Å². The summed E-state index contributed by atoms with van der Waals surface area (Å²) in [6.45, 7) is 11.9. The Morgan fingerprint density at radius 2 is 1.70 bits per heavy atom. The molecule has 3 rings (SSSR count). The number of rotatable bonds is 9. The van der Waals surface area contributed by atoms with E-state index in [0.717, 1.165) is 56.5 Å². The SMILES string of the molecule is CCCCOCCCN1C(=O)C(c2ccc(C)c(C)c2)=C(N2CCC(C)CC2)C1=O. The number of imide groups is 1. The molecule has 2 amide bonds. The number of benzene rings is 1. The van der Waals surface area contributed by atoms with E-state index in [-0.39, 0.29) is 11.8 Å².